The Morgan fingerprint density at radius 2 is 1.82 bits per heavy atom. The predicted octanol–water partition coefficient (Wildman–Crippen LogP) is 4.14. The zero-order valence-corrected chi connectivity index (χ0v) is 24.8. The molecule has 220 valence electrons. The van der Waals surface area contributed by atoms with Gasteiger partial charge in [0.1, 0.15) is 6.10 Å². The highest BCUT2D eigenvalue weighted by molar-refractivity contribution is 5.85. The minimum absolute atomic E-state index is 0. The average Bonchev–Trinajstić information content (AvgIpc) is 2.90. The van der Waals surface area contributed by atoms with Crippen molar-refractivity contribution in [2.75, 3.05) is 41.1 Å². The maximum atomic E-state index is 12.8. The summed E-state index contributed by atoms with van der Waals surface area (Å²) < 4.78 is 22.0. The van der Waals surface area contributed by atoms with Gasteiger partial charge < -0.3 is 35.1 Å². The maximum Gasteiger partial charge on any atom is 0.249 e. The number of benzene rings is 1. The number of hydrogen-bond donors (Lipinski definition) is 3. The van der Waals surface area contributed by atoms with Crippen LogP contribution in [0.2, 0.25) is 0 Å². The molecule has 0 heterocycles. The van der Waals surface area contributed by atoms with Crippen LogP contribution in [0.4, 0.5) is 0 Å². The van der Waals surface area contributed by atoms with E-state index >= 15 is 0 Å². The second kappa shape index (κ2) is 18.7. The van der Waals surface area contributed by atoms with Crippen molar-refractivity contribution in [3.63, 3.8) is 0 Å². The fraction of sp³-hybridized carbons (Fsp3) is 0.759. The first kappa shape index (κ1) is 34.4. The summed E-state index contributed by atoms with van der Waals surface area (Å²) in [6.07, 6.45) is 6.46. The zero-order chi connectivity index (χ0) is 27.2. The second-order valence-corrected chi connectivity index (χ2v) is 10.7. The predicted molar refractivity (Wildman–Crippen MR) is 153 cm³/mol. The largest absolute Gasteiger partial charge is 0.493 e. The molecule has 0 radical (unpaired) electrons. The summed E-state index contributed by atoms with van der Waals surface area (Å²) in [5.74, 6) is 2.13. The topological polar surface area (TPSA) is 112 Å². The summed E-state index contributed by atoms with van der Waals surface area (Å²) in [5.41, 5.74) is 7.56. The van der Waals surface area contributed by atoms with Crippen LogP contribution in [0.25, 0.3) is 0 Å². The Balaban J connectivity index is 0.00000722. The van der Waals surface area contributed by atoms with Crippen LogP contribution in [0.3, 0.4) is 0 Å². The minimum Gasteiger partial charge on any atom is -0.493 e. The Labute approximate surface area is 235 Å². The molecule has 1 fully saturated rings. The summed E-state index contributed by atoms with van der Waals surface area (Å²) >= 11 is 0. The van der Waals surface area contributed by atoms with Gasteiger partial charge in [0.05, 0.1) is 19.8 Å². The van der Waals surface area contributed by atoms with Crippen LogP contribution in [0.1, 0.15) is 64.4 Å². The highest BCUT2D eigenvalue weighted by Gasteiger charge is 2.30. The van der Waals surface area contributed by atoms with E-state index in [1.807, 2.05) is 12.1 Å². The van der Waals surface area contributed by atoms with Gasteiger partial charge in [0.25, 0.3) is 0 Å². The van der Waals surface area contributed by atoms with Crippen LogP contribution in [-0.2, 0) is 20.7 Å². The number of nitrogens with one attached hydrogen (secondary N) is 1. The van der Waals surface area contributed by atoms with Crippen molar-refractivity contribution in [1.82, 2.24) is 5.32 Å². The molecule has 0 spiro atoms. The lowest BCUT2D eigenvalue weighted by Gasteiger charge is -2.30. The fourth-order valence-electron chi connectivity index (χ4n) is 5.15. The molecule has 1 amide bonds. The molecule has 4 N–H and O–H groups in total. The van der Waals surface area contributed by atoms with Gasteiger partial charge in [-0.15, -0.1) is 12.4 Å². The lowest BCUT2D eigenvalue weighted by molar-refractivity contribution is -0.135. The summed E-state index contributed by atoms with van der Waals surface area (Å²) in [6.45, 7) is 5.66. The fourth-order valence-corrected chi connectivity index (χ4v) is 5.15. The first-order chi connectivity index (χ1) is 17.8. The van der Waals surface area contributed by atoms with Gasteiger partial charge in [-0.05, 0) is 61.1 Å². The number of ether oxygens (including phenoxy) is 4. The lowest BCUT2D eigenvalue weighted by Crippen LogP contribution is -2.48. The Hall–Kier alpha value is -1.58. The van der Waals surface area contributed by atoms with Crippen molar-refractivity contribution in [2.24, 2.45) is 23.5 Å². The molecule has 0 aromatic heterocycles. The molecule has 1 aliphatic rings. The van der Waals surface area contributed by atoms with Gasteiger partial charge >= 0.3 is 0 Å². The molecule has 38 heavy (non-hydrogen) atoms. The average molecular weight is 559 g/mol. The molecule has 4 atom stereocenters. The SMILES string of the molecule is COCCCOc1cc(C[C@@H](C[C@H](N)[C@@H](O)CNC(=O)[C@H](OC)C2CCCCC2)C(C)C)ccc1OC.Cl. The number of rotatable bonds is 17. The smallest absolute Gasteiger partial charge is 0.249 e. The van der Waals surface area contributed by atoms with Gasteiger partial charge in [-0.1, -0.05) is 39.2 Å². The minimum atomic E-state index is -0.829. The summed E-state index contributed by atoms with van der Waals surface area (Å²) in [5, 5.41) is 13.6. The number of aliphatic hydroxyl groups is 1. The molecule has 8 nitrogen and oxygen atoms in total. The van der Waals surface area contributed by atoms with Gasteiger partial charge in [0.15, 0.2) is 11.5 Å². The van der Waals surface area contributed by atoms with E-state index in [9.17, 15) is 9.90 Å². The number of carbonyl (C=O) groups excluding carboxylic acids is 1. The number of amides is 1. The normalized spacial score (nSPS) is 17.3. The molecule has 9 heteroatoms. The van der Waals surface area contributed by atoms with E-state index < -0.39 is 18.2 Å². The molecule has 0 aliphatic heterocycles. The molecular formula is C29H51ClN2O6. The Morgan fingerprint density at radius 1 is 1.11 bits per heavy atom. The van der Waals surface area contributed by atoms with E-state index in [1.54, 1.807) is 21.3 Å². The first-order valence-electron chi connectivity index (χ1n) is 13.8. The van der Waals surface area contributed by atoms with E-state index in [0.29, 0.717) is 31.3 Å². The standard InChI is InChI=1S/C29H50N2O6.ClH/c1-20(2)23(16-21-12-13-26(35-4)27(17-21)37-15-9-14-34-3)18-24(30)25(32)19-31-29(33)28(36-5)22-10-7-6-8-11-22;/h12-13,17,20,22-25,28,32H,6-11,14-16,18-19,30H2,1-5H3,(H,31,33);1H/t23-,24-,25-,28+;/m0./s1. The second-order valence-electron chi connectivity index (χ2n) is 10.7. The molecular weight excluding hydrogens is 508 g/mol. The van der Waals surface area contributed by atoms with E-state index in [4.69, 9.17) is 24.7 Å². The van der Waals surface area contributed by atoms with Gasteiger partial charge in [0, 0.05) is 39.8 Å². The summed E-state index contributed by atoms with van der Waals surface area (Å²) in [7, 11) is 4.90. The zero-order valence-electron chi connectivity index (χ0n) is 23.9. The third kappa shape index (κ3) is 11.3. The van der Waals surface area contributed by atoms with Crippen LogP contribution in [0.5, 0.6) is 11.5 Å². The lowest BCUT2D eigenvalue weighted by atomic mass is 9.83. The maximum absolute atomic E-state index is 12.8. The van der Waals surface area contributed by atoms with Crippen LogP contribution in [-0.4, -0.2) is 70.4 Å². The third-order valence-corrected chi connectivity index (χ3v) is 7.56. The number of halogens is 1. The van der Waals surface area contributed by atoms with Crippen molar-refractivity contribution in [1.29, 1.82) is 0 Å². The number of aliphatic hydroxyl groups excluding tert-OH is 1. The van der Waals surface area contributed by atoms with Crippen molar-refractivity contribution in [2.45, 2.75) is 83.5 Å². The quantitative estimate of drug-likeness (QED) is 0.246. The number of hydrogen-bond acceptors (Lipinski definition) is 7. The molecule has 1 saturated carbocycles. The molecule has 1 aliphatic carbocycles. The highest BCUT2D eigenvalue weighted by atomic mass is 35.5. The van der Waals surface area contributed by atoms with Crippen LogP contribution >= 0.6 is 12.4 Å². The molecule has 0 saturated heterocycles. The van der Waals surface area contributed by atoms with Crippen LogP contribution < -0.4 is 20.5 Å². The van der Waals surface area contributed by atoms with Crippen LogP contribution in [0, 0.1) is 17.8 Å². The number of methoxy groups -OCH3 is 3. The highest BCUT2D eigenvalue weighted by Crippen LogP contribution is 2.31. The molecule has 2 rings (SSSR count). The van der Waals surface area contributed by atoms with E-state index in [0.717, 1.165) is 49.8 Å². The van der Waals surface area contributed by atoms with Gasteiger partial charge in [0.2, 0.25) is 5.91 Å². The molecule has 1 aromatic rings. The number of carbonyl (C=O) groups is 1. The molecule has 1 aromatic carbocycles. The van der Waals surface area contributed by atoms with Crippen molar-refractivity contribution in [3.8, 4) is 11.5 Å². The monoisotopic (exact) mass is 558 g/mol. The summed E-state index contributed by atoms with van der Waals surface area (Å²) in [6, 6.07) is 5.56. The molecule has 0 bridgehead atoms. The Morgan fingerprint density at radius 3 is 2.42 bits per heavy atom. The van der Waals surface area contributed by atoms with Gasteiger partial charge in [-0.25, -0.2) is 0 Å². The van der Waals surface area contributed by atoms with Crippen molar-refractivity contribution < 1.29 is 28.8 Å². The number of nitrogens with two attached hydrogens (primary N) is 1. The third-order valence-electron chi connectivity index (χ3n) is 7.56. The Kier molecular flexibility index (Phi) is 16.9. The van der Waals surface area contributed by atoms with Crippen LogP contribution in [0.15, 0.2) is 18.2 Å². The van der Waals surface area contributed by atoms with E-state index in [2.05, 4.69) is 25.2 Å². The van der Waals surface area contributed by atoms with Crippen molar-refractivity contribution >= 4 is 18.3 Å². The van der Waals surface area contributed by atoms with Gasteiger partial charge in [-0.2, -0.15) is 0 Å². The van der Waals surface area contributed by atoms with Crippen molar-refractivity contribution in [3.05, 3.63) is 23.8 Å². The summed E-state index contributed by atoms with van der Waals surface area (Å²) in [4.78, 5) is 12.8. The van der Waals surface area contributed by atoms with Gasteiger partial charge in [-0.3, -0.25) is 4.79 Å². The van der Waals surface area contributed by atoms with E-state index in [-0.39, 0.29) is 36.7 Å². The molecule has 0 unspecified atom stereocenters. The first-order valence-corrected chi connectivity index (χ1v) is 13.8. The van der Waals surface area contributed by atoms with E-state index in [1.165, 1.54) is 6.42 Å². The Bertz CT molecular complexity index is 790.